The maximum atomic E-state index is 13.2. The van der Waals surface area contributed by atoms with Crippen molar-refractivity contribution in [3.63, 3.8) is 0 Å². The van der Waals surface area contributed by atoms with Gasteiger partial charge < -0.3 is 10.4 Å². The van der Waals surface area contributed by atoms with E-state index in [0.29, 0.717) is 23.4 Å². The van der Waals surface area contributed by atoms with Gasteiger partial charge in [-0.1, -0.05) is 18.5 Å². The van der Waals surface area contributed by atoms with Gasteiger partial charge in [-0.25, -0.2) is 14.4 Å². The molecule has 0 aliphatic heterocycles. The lowest BCUT2D eigenvalue weighted by molar-refractivity contribution is 0.469. The lowest BCUT2D eigenvalue weighted by Crippen LogP contribution is -1.97. The number of phenols is 1. The molecule has 0 saturated carbocycles. The van der Waals surface area contributed by atoms with Crippen molar-refractivity contribution < 1.29 is 9.50 Å². The molecular formula is C16H13ClFN3O. The van der Waals surface area contributed by atoms with Crippen LogP contribution < -0.4 is 5.32 Å². The molecule has 0 spiro atoms. The normalized spacial score (nSPS) is 10.9. The van der Waals surface area contributed by atoms with E-state index in [1.165, 1.54) is 18.5 Å². The topological polar surface area (TPSA) is 58.0 Å². The Hall–Kier alpha value is -2.40. The number of anilines is 2. The molecule has 3 aromatic rings. The number of nitrogens with one attached hydrogen (secondary N) is 1. The lowest BCUT2D eigenvalue weighted by atomic mass is 10.1. The summed E-state index contributed by atoms with van der Waals surface area (Å²) in [6.45, 7) is 1.96. The zero-order valence-corrected chi connectivity index (χ0v) is 12.5. The molecule has 22 heavy (non-hydrogen) atoms. The molecule has 0 fully saturated rings. The van der Waals surface area contributed by atoms with Gasteiger partial charge in [0.15, 0.2) is 0 Å². The highest BCUT2D eigenvalue weighted by Crippen LogP contribution is 2.30. The second-order valence-corrected chi connectivity index (χ2v) is 5.23. The summed E-state index contributed by atoms with van der Waals surface area (Å²) in [6, 6.07) is 7.82. The van der Waals surface area contributed by atoms with Gasteiger partial charge in [0.2, 0.25) is 0 Å². The predicted octanol–water partition coefficient (Wildman–Crippen LogP) is 4.43. The first-order chi connectivity index (χ1) is 10.6. The third kappa shape index (κ3) is 2.67. The van der Waals surface area contributed by atoms with Gasteiger partial charge in [0.1, 0.15) is 23.7 Å². The van der Waals surface area contributed by atoms with Gasteiger partial charge in [-0.2, -0.15) is 0 Å². The Kier molecular flexibility index (Phi) is 3.81. The summed E-state index contributed by atoms with van der Waals surface area (Å²) in [5, 5.41) is 13.8. The number of rotatable bonds is 3. The Morgan fingerprint density at radius 1 is 1.23 bits per heavy atom. The first-order valence-electron chi connectivity index (χ1n) is 6.77. The Balaban J connectivity index is 2.08. The van der Waals surface area contributed by atoms with E-state index < -0.39 is 5.82 Å². The molecule has 0 bridgehead atoms. The van der Waals surface area contributed by atoms with E-state index in [4.69, 9.17) is 11.6 Å². The third-order valence-electron chi connectivity index (χ3n) is 3.40. The zero-order valence-electron chi connectivity index (χ0n) is 11.8. The van der Waals surface area contributed by atoms with Gasteiger partial charge in [-0.05, 0) is 36.2 Å². The van der Waals surface area contributed by atoms with Gasteiger partial charge in [-0.3, -0.25) is 0 Å². The number of aromatic hydroxyl groups is 1. The fourth-order valence-corrected chi connectivity index (χ4v) is 2.41. The summed E-state index contributed by atoms with van der Waals surface area (Å²) >= 11 is 5.79. The van der Waals surface area contributed by atoms with Crippen molar-refractivity contribution >= 4 is 34.0 Å². The van der Waals surface area contributed by atoms with Crippen molar-refractivity contribution in [1.82, 2.24) is 9.97 Å². The predicted molar refractivity (Wildman–Crippen MR) is 85.3 cm³/mol. The van der Waals surface area contributed by atoms with E-state index in [1.54, 1.807) is 12.1 Å². The van der Waals surface area contributed by atoms with Crippen LogP contribution in [0.1, 0.15) is 12.5 Å². The van der Waals surface area contributed by atoms with Crippen molar-refractivity contribution in [3.05, 3.63) is 53.1 Å². The lowest BCUT2D eigenvalue weighted by Gasteiger charge is -2.10. The van der Waals surface area contributed by atoms with Crippen LogP contribution in [0.25, 0.3) is 10.9 Å². The number of hydrogen-bond donors (Lipinski definition) is 2. The molecular weight excluding hydrogens is 305 g/mol. The molecule has 1 heterocycles. The Morgan fingerprint density at radius 2 is 2.05 bits per heavy atom. The van der Waals surface area contributed by atoms with Gasteiger partial charge in [0.05, 0.1) is 10.5 Å². The van der Waals surface area contributed by atoms with Crippen LogP contribution in [0.3, 0.4) is 0 Å². The fraction of sp³-hybridized carbons (Fsp3) is 0.125. The number of benzene rings is 2. The summed E-state index contributed by atoms with van der Waals surface area (Å²) < 4.78 is 13.2. The van der Waals surface area contributed by atoms with Gasteiger partial charge in [-0.15, -0.1) is 0 Å². The second kappa shape index (κ2) is 5.77. The molecule has 3 rings (SSSR count). The maximum Gasteiger partial charge on any atom is 0.141 e. The molecule has 4 nitrogen and oxygen atoms in total. The van der Waals surface area contributed by atoms with Crippen molar-refractivity contribution in [3.8, 4) is 5.75 Å². The minimum absolute atomic E-state index is 0.0373. The minimum Gasteiger partial charge on any atom is -0.508 e. The number of phenolic OH excluding ortho intramolecular Hbond substituents is 1. The Labute approximate surface area is 131 Å². The number of halogens is 2. The molecule has 0 aliphatic rings. The summed E-state index contributed by atoms with van der Waals surface area (Å²) in [6.07, 6.45) is 2.10. The molecule has 0 amide bonds. The SMILES string of the molecule is CCc1cc2c(Nc3ccc(F)c(Cl)c3)ncnc2cc1O. The van der Waals surface area contributed by atoms with Crippen LogP contribution in [-0.2, 0) is 6.42 Å². The van der Waals surface area contributed by atoms with E-state index in [0.717, 1.165) is 10.9 Å². The van der Waals surface area contributed by atoms with E-state index in [9.17, 15) is 9.50 Å². The van der Waals surface area contributed by atoms with E-state index in [1.807, 2.05) is 13.0 Å². The number of nitrogens with zero attached hydrogens (tertiary/aromatic N) is 2. The Morgan fingerprint density at radius 3 is 2.77 bits per heavy atom. The molecule has 1 aromatic heterocycles. The minimum atomic E-state index is -0.474. The standard InChI is InChI=1S/C16H13ClFN3O/c1-2-9-5-11-14(7-15(9)22)19-8-20-16(11)21-10-3-4-13(18)12(17)6-10/h3-8,22H,2H2,1H3,(H,19,20,21). The zero-order chi connectivity index (χ0) is 15.7. The summed E-state index contributed by atoms with van der Waals surface area (Å²) in [5.74, 6) is 0.310. The molecule has 2 N–H and O–H groups in total. The van der Waals surface area contributed by atoms with Gasteiger partial charge >= 0.3 is 0 Å². The summed E-state index contributed by atoms with van der Waals surface area (Å²) in [4.78, 5) is 8.37. The maximum absolute atomic E-state index is 13.2. The van der Waals surface area contributed by atoms with Crippen molar-refractivity contribution in [2.45, 2.75) is 13.3 Å². The van der Waals surface area contributed by atoms with Crippen LogP contribution in [0.5, 0.6) is 5.75 Å². The number of aromatic nitrogens is 2. The first kappa shape index (κ1) is 14.5. The molecule has 0 atom stereocenters. The molecule has 6 heteroatoms. The van der Waals surface area contributed by atoms with Crippen molar-refractivity contribution in [2.75, 3.05) is 5.32 Å². The number of aryl methyl sites for hydroxylation is 1. The smallest absolute Gasteiger partial charge is 0.141 e. The van der Waals surface area contributed by atoms with Crippen LogP contribution in [0.15, 0.2) is 36.7 Å². The van der Waals surface area contributed by atoms with Crippen LogP contribution in [0.4, 0.5) is 15.9 Å². The highest BCUT2D eigenvalue weighted by Gasteiger charge is 2.09. The average Bonchev–Trinajstić information content (AvgIpc) is 2.50. The van der Waals surface area contributed by atoms with Crippen LogP contribution in [0, 0.1) is 5.82 Å². The van der Waals surface area contributed by atoms with Crippen molar-refractivity contribution in [1.29, 1.82) is 0 Å². The highest BCUT2D eigenvalue weighted by molar-refractivity contribution is 6.31. The van der Waals surface area contributed by atoms with Crippen molar-refractivity contribution in [2.24, 2.45) is 0 Å². The molecule has 0 aliphatic carbocycles. The van der Waals surface area contributed by atoms with E-state index in [2.05, 4.69) is 15.3 Å². The molecule has 112 valence electrons. The van der Waals surface area contributed by atoms with Gasteiger partial charge in [0, 0.05) is 17.1 Å². The largest absolute Gasteiger partial charge is 0.508 e. The van der Waals surface area contributed by atoms with Crippen LogP contribution in [0.2, 0.25) is 5.02 Å². The molecule has 0 radical (unpaired) electrons. The molecule has 2 aromatic carbocycles. The molecule has 0 unspecified atom stereocenters. The fourth-order valence-electron chi connectivity index (χ4n) is 2.23. The number of hydrogen-bond acceptors (Lipinski definition) is 4. The van der Waals surface area contributed by atoms with Gasteiger partial charge in [0.25, 0.3) is 0 Å². The first-order valence-corrected chi connectivity index (χ1v) is 7.15. The van der Waals surface area contributed by atoms with Crippen LogP contribution >= 0.6 is 11.6 Å². The second-order valence-electron chi connectivity index (χ2n) is 4.83. The monoisotopic (exact) mass is 317 g/mol. The van der Waals surface area contributed by atoms with E-state index >= 15 is 0 Å². The van der Waals surface area contributed by atoms with Crippen LogP contribution in [-0.4, -0.2) is 15.1 Å². The molecule has 0 saturated heterocycles. The highest BCUT2D eigenvalue weighted by atomic mass is 35.5. The third-order valence-corrected chi connectivity index (χ3v) is 3.69. The number of fused-ring (bicyclic) bond motifs is 1. The Bertz CT molecular complexity index is 854. The summed E-state index contributed by atoms with van der Waals surface area (Å²) in [7, 11) is 0. The summed E-state index contributed by atoms with van der Waals surface area (Å²) in [5.41, 5.74) is 2.06. The quantitative estimate of drug-likeness (QED) is 0.750. The average molecular weight is 318 g/mol. The van der Waals surface area contributed by atoms with E-state index in [-0.39, 0.29) is 10.8 Å².